The number of nitrogens with zero attached hydrogens (tertiary/aromatic N) is 4. The quantitative estimate of drug-likeness (QED) is 0.362. The Morgan fingerprint density at radius 1 is 1.05 bits per heavy atom. The van der Waals surface area contributed by atoms with Gasteiger partial charge < -0.3 is 25.3 Å². The van der Waals surface area contributed by atoms with Crippen LogP contribution >= 0.6 is 0 Å². The van der Waals surface area contributed by atoms with Crippen LogP contribution in [0.3, 0.4) is 0 Å². The highest BCUT2D eigenvalue weighted by Gasteiger charge is 2.34. The van der Waals surface area contributed by atoms with Gasteiger partial charge in [-0.05, 0) is 42.8 Å². The lowest BCUT2D eigenvalue weighted by Crippen LogP contribution is -2.16. The van der Waals surface area contributed by atoms with E-state index in [0.717, 1.165) is 18.1 Å². The number of fused-ring (bicyclic) bond motifs is 1. The molecule has 1 amide bonds. The number of pyridine rings is 1. The lowest BCUT2D eigenvalue weighted by atomic mass is 10.1. The maximum absolute atomic E-state index is 13.3. The molecule has 0 saturated heterocycles. The van der Waals surface area contributed by atoms with Crippen LogP contribution in [0, 0.1) is 0 Å². The van der Waals surface area contributed by atoms with E-state index in [4.69, 9.17) is 15.2 Å². The Morgan fingerprint density at radius 2 is 1.82 bits per heavy atom. The van der Waals surface area contributed by atoms with Gasteiger partial charge in [-0.25, -0.2) is 19.3 Å². The van der Waals surface area contributed by atoms with Crippen molar-refractivity contribution >= 4 is 17.6 Å². The predicted octanol–water partition coefficient (Wildman–Crippen LogP) is 4.83. The Balaban J connectivity index is 0.000000599. The van der Waals surface area contributed by atoms with Crippen molar-refractivity contribution in [1.82, 2.24) is 24.9 Å². The van der Waals surface area contributed by atoms with E-state index in [2.05, 4.69) is 25.1 Å². The van der Waals surface area contributed by atoms with Crippen LogP contribution < -0.4 is 20.5 Å². The SMILES string of the molecule is CCCOc1ccc(-c2ccc3ncc(-c4cnc(N)c(C(F)(F)F)c4)n3n2)cc1OC.CNC(=O)OC. The molecule has 0 aliphatic heterocycles. The summed E-state index contributed by atoms with van der Waals surface area (Å²) in [5, 5.41) is 6.83. The van der Waals surface area contributed by atoms with Crippen molar-refractivity contribution in [2.45, 2.75) is 19.5 Å². The number of carbonyl (C=O) groups is 1. The van der Waals surface area contributed by atoms with Crippen molar-refractivity contribution in [3.05, 3.63) is 54.4 Å². The molecule has 10 nitrogen and oxygen atoms in total. The van der Waals surface area contributed by atoms with E-state index in [0.29, 0.717) is 35.1 Å². The highest BCUT2D eigenvalue weighted by Crippen LogP contribution is 2.36. The lowest BCUT2D eigenvalue weighted by Gasteiger charge is -2.12. The Bertz CT molecular complexity index is 1400. The van der Waals surface area contributed by atoms with Crippen LogP contribution in [0.1, 0.15) is 18.9 Å². The van der Waals surface area contributed by atoms with E-state index in [9.17, 15) is 18.0 Å². The normalized spacial score (nSPS) is 10.9. The van der Waals surface area contributed by atoms with Gasteiger partial charge in [0.1, 0.15) is 5.82 Å². The number of ether oxygens (including phenoxy) is 3. The molecule has 0 atom stereocenters. The molecule has 1 aromatic carbocycles. The molecule has 0 aliphatic rings. The van der Waals surface area contributed by atoms with E-state index in [1.807, 2.05) is 13.0 Å². The third-order valence-electron chi connectivity index (χ3n) is 5.19. The van der Waals surface area contributed by atoms with Gasteiger partial charge in [-0.15, -0.1) is 0 Å². The molecular formula is C25H27F3N6O4. The number of imidazole rings is 1. The van der Waals surface area contributed by atoms with Crippen LogP contribution in [0.2, 0.25) is 0 Å². The van der Waals surface area contributed by atoms with E-state index in [1.165, 1.54) is 31.1 Å². The number of rotatable bonds is 6. The van der Waals surface area contributed by atoms with Gasteiger partial charge in [0.2, 0.25) is 0 Å². The number of carbonyl (C=O) groups excluding carboxylic acids is 1. The minimum Gasteiger partial charge on any atom is -0.493 e. The predicted molar refractivity (Wildman–Crippen MR) is 135 cm³/mol. The lowest BCUT2D eigenvalue weighted by molar-refractivity contribution is -0.137. The summed E-state index contributed by atoms with van der Waals surface area (Å²) in [6.07, 6.45) is -1.45. The zero-order chi connectivity index (χ0) is 27.9. The number of alkyl halides is 3. The van der Waals surface area contributed by atoms with Gasteiger partial charge in [-0.2, -0.15) is 18.3 Å². The van der Waals surface area contributed by atoms with Gasteiger partial charge >= 0.3 is 12.3 Å². The zero-order valence-corrected chi connectivity index (χ0v) is 21.2. The van der Waals surface area contributed by atoms with Crippen LogP contribution in [0.15, 0.2) is 48.8 Å². The average Bonchev–Trinajstić information content (AvgIpc) is 3.34. The van der Waals surface area contributed by atoms with Crippen molar-refractivity contribution in [2.24, 2.45) is 0 Å². The Labute approximate surface area is 216 Å². The van der Waals surface area contributed by atoms with E-state index in [-0.39, 0.29) is 5.56 Å². The molecule has 0 radical (unpaired) electrons. The van der Waals surface area contributed by atoms with E-state index >= 15 is 0 Å². The second-order valence-corrected chi connectivity index (χ2v) is 7.74. The topological polar surface area (TPSA) is 126 Å². The van der Waals surface area contributed by atoms with Crippen LogP contribution in [0.5, 0.6) is 11.5 Å². The van der Waals surface area contributed by atoms with Crippen LogP contribution in [-0.4, -0.2) is 53.5 Å². The molecule has 4 aromatic rings. The number of halogens is 3. The van der Waals surface area contributed by atoms with Crippen molar-refractivity contribution < 1.29 is 32.2 Å². The summed E-state index contributed by atoms with van der Waals surface area (Å²) in [5.41, 5.74) is 6.77. The molecule has 0 aliphatic carbocycles. The number of alkyl carbamates (subject to hydrolysis) is 1. The number of hydrogen-bond donors (Lipinski definition) is 2. The minimum absolute atomic E-state index is 0.199. The Morgan fingerprint density at radius 3 is 2.42 bits per heavy atom. The molecule has 0 saturated carbocycles. The number of anilines is 1. The Kier molecular flexibility index (Phi) is 8.94. The fourth-order valence-corrected chi connectivity index (χ4v) is 3.33. The van der Waals surface area contributed by atoms with Crippen LogP contribution in [0.4, 0.5) is 23.8 Å². The first-order valence-corrected chi connectivity index (χ1v) is 11.4. The number of amides is 1. The summed E-state index contributed by atoms with van der Waals surface area (Å²) in [6.45, 7) is 2.57. The van der Waals surface area contributed by atoms with Gasteiger partial charge in [0.05, 0.1) is 44.0 Å². The zero-order valence-electron chi connectivity index (χ0n) is 21.2. The minimum atomic E-state index is -4.62. The Hall–Kier alpha value is -4.55. The van der Waals surface area contributed by atoms with Crippen LogP contribution in [-0.2, 0) is 10.9 Å². The highest BCUT2D eigenvalue weighted by molar-refractivity contribution is 5.68. The van der Waals surface area contributed by atoms with Gasteiger partial charge in [-0.1, -0.05) is 6.92 Å². The smallest absolute Gasteiger partial charge is 0.419 e. The van der Waals surface area contributed by atoms with Gasteiger partial charge in [0, 0.05) is 24.4 Å². The molecule has 0 fully saturated rings. The fraction of sp³-hybridized carbons (Fsp3) is 0.280. The van der Waals surface area contributed by atoms with E-state index in [1.54, 1.807) is 31.4 Å². The number of hydrogen-bond acceptors (Lipinski definition) is 8. The number of nitrogens with two attached hydrogens (primary N) is 1. The van der Waals surface area contributed by atoms with Crippen molar-refractivity contribution in [2.75, 3.05) is 33.6 Å². The second kappa shape index (κ2) is 12.1. The second-order valence-electron chi connectivity index (χ2n) is 7.74. The third-order valence-corrected chi connectivity index (χ3v) is 5.19. The highest BCUT2D eigenvalue weighted by atomic mass is 19.4. The number of benzene rings is 1. The molecule has 0 spiro atoms. The molecule has 0 bridgehead atoms. The molecule has 13 heteroatoms. The van der Waals surface area contributed by atoms with Gasteiger partial charge in [0.25, 0.3) is 0 Å². The summed E-state index contributed by atoms with van der Waals surface area (Å²) in [6, 6.07) is 9.88. The fourth-order valence-electron chi connectivity index (χ4n) is 3.33. The molecule has 0 unspecified atom stereocenters. The average molecular weight is 533 g/mol. The van der Waals surface area contributed by atoms with Crippen molar-refractivity contribution in [3.8, 4) is 34.0 Å². The monoisotopic (exact) mass is 532 g/mol. The number of nitrogen functional groups attached to an aromatic ring is 1. The van der Waals surface area contributed by atoms with Gasteiger partial charge in [-0.3, -0.25) is 0 Å². The summed E-state index contributed by atoms with van der Waals surface area (Å²) in [7, 11) is 4.37. The molecule has 4 rings (SSSR count). The molecular weight excluding hydrogens is 505 g/mol. The number of aromatic nitrogens is 4. The third kappa shape index (κ3) is 6.41. The molecule has 3 aromatic heterocycles. The maximum Gasteiger partial charge on any atom is 0.419 e. The van der Waals surface area contributed by atoms with Gasteiger partial charge in [0.15, 0.2) is 17.1 Å². The van der Waals surface area contributed by atoms with Crippen LogP contribution in [0.25, 0.3) is 28.2 Å². The molecule has 3 heterocycles. The first-order valence-electron chi connectivity index (χ1n) is 11.4. The molecule has 3 N–H and O–H groups in total. The van der Waals surface area contributed by atoms with Crippen molar-refractivity contribution in [1.29, 1.82) is 0 Å². The van der Waals surface area contributed by atoms with Crippen molar-refractivity contribution in [3.63, 3.8) is 0 Å². The standard InChI is InChI=1S/C22H20F3N5O2.C3H7NO2/c1-3-8-32-18-6-4-13(10-19(18)31-2)16-5-7-20-27-12-17(30(20)29-16)14-9-15(22(23,24)25)21(26)28-11-14;1-4-3(5)6-2/h4-7,9-12H,3,8H2,1-2H3,(H2,26,28);1-2H3,(H,4,5). The summed E-state index contributed by atoms with van der Waals surface area (Å²) in [4.78, 5) is 17.8. The molecule has 202 valence electrons. The first kappa shape index (κ1) is 28.0. The first-order chi connectivity index (χ1) is 18.1. The summed E-state index contributed by atoms with van der Waals surface area (Å²) < 4.78 is 56.5. The number of nitrogens with one attached hydrogen (secondary N) is 1. The number of methoxy groups -OCH3 is 2. The summed E-state index contributed by atoms with van der Waals surface area (Å²) >= 11 is 0. The largest absolute Gasteiger partial charge is 0.493 e. The molecule has 38 heavy (non-hydrogen) atoms. The summed E-state index contributed by atoms with van der Waals surface area (Å²) in [5.74, 6) is 0.595. The maximum atomic E-state index is 13.3. The van der Waals surface area contributed by atoms with E-state index < -0.39 is 23.7 Å².